The number of benzene rings is 1. The van der Waals surface area contributed by atoms with Crippen molar-refractivity contribution < 1.29 is 5.11 Å². The van der Waals surface area contributed by atoms with Crippen molar-refractivity contribution in [3.05, 3.63) is 23.8 Å². The molecule has 1 heterocycles. The van der Waals surface area contributed by atoms with E-state index in [1.807, 2.05) is 12.1 Å². The van der Waals surface area contributed by atoms with Crippen molar-refractivity contribution in [2.45, 2.75) is 40.2 Å². The summed E-state index contributed by atoms with van der Waals surface area (Å²) in [6.07, 6.45) is 2.55. The van der Waals surface area contributed by atoms with Gasteiger partial charge in [0, 0.05) is 6.54 Å². The van der Waals surface area contributed by atoms with Crippen LogP contribution in [0.5, 0.6) is 5.75 Å². The molecule has 0 atom stereocenters. The number of hydrogen-bond donors (Lipinski definition) is 2. The highest BCUT2D eigenvalue weighted by atomic mass is 16.3. The number of aromatic hydroxyl groups is 1. The van der Waals surface area contributed by atoms with Crippen LogP contribution < -0.4 is 5.73 Å². The van der Waals surface area contributed by atoms with E-state index in [4.69, 9.17) is 5.73 Å². The van der Waals surface area contributed by atoms with E-state index in [1.54, 1.807) is 6.07 Å². The number of anilines is 1. The van der Waals surface area contributed by atoms with E-state index in [9.17, 15) is 5.11 Å². The van der Waals surface area contributed by atoms with Crippen LogP contribution in [0, 0.1) is 11.3 Å². The van der Waals surface area contributed by atoms with Crippen molar-refractivity contribution in [1.29, 1.82) is 0 Å². The highest BCUT2D eigenvalue weighted by molar-refractivity contribution is 5.53. The normalized spacial score (nSPS) is 18.7. The lowest BCUT2D eigenvalue weighted by atomic mass is 9.75. The van der Waals surface area contributed by atoms with Gasteiger partial charge in [-0.15, -0.1) is 0 Å². The number of nitrogens with two attached hydrogens (primary N) is 1. The van der Waals surface area contributed by atoms with Crippen molar-refractivity contribution in [3.63, 3.8) is 0 Å². The molecular formula is C16H26N2O. The van der Waals surface area contributed by atoms with Crippen molar-refractivity contribution in [2.24, 2.45) is 11.3 Å². The minimum Gasteiger partial charge on any atom is -0.506 e. The number of likely N-dealkylation sites (tertiary alicyclic amines) is 1. The highest BCUT2D eigenvalue weighted by Crippen LogP contribution is 2.34. The van der Waals surface area contributed by atoms with Crippen LogP contribution in [0.3, 0.4) is 0 Å². The number of phenolic OH excluding ortho intramolecular Hbond substituents is 1. The Morgan fingerprint density at radius 2 is 1.89 bits per heavy atom. The van der Waals surface area contributed by atoms with Gasteiger partial charge in [-0.25, -0.2) is 0 Å². The summed E-state index contributed by atoms with van der Waals surface area (Å²) in [5, 5.41) is 9.44. The molecule has 0 unspecified atom stereocenters. The summed E-state index contributed by atoms with van der Waals surface area (Å²) in [6, 6.07) is 5.53. The molecule has 0 bridgehead atoms. The monoisotopic (exact) mass is 262 g/mol. The fourth-order valence-corrected chi connectivity index (χ4v) is 2.92. The SMILES string of the molecule is CC(C)(C)C1CCN(Cc2ccc(O)c(N)c2)CC1. The molecule has 1 fully saturated rings. The molecule has 1 aromatic carbocycles. The molecule has 0 aliphatic carbocycles. The fourth-order valence-electron chi connectivity index (χ4n) is 2.92. The Bertz CT molecular complexity index is 429. The van der Waals surface area contributed by atoms with Crippen LogP contribution in [-0.4, -0.2) is 23.1 Å². The molecule has 0 amide bonds. The quantitative estimate of drug-likeness (QED) is 0.635. The minimum atomic E-state index is 0.176. The molecule has 3 nitrogen and oxygen atoms in total. The topological polar surface area (TPSA) is 49.5 Å². The maximum Gasteiger partial charge on any atom is 0.138 e. The lowest BCUT2D eigenvalue weighted by Crippen LogP contribution is -2.37. The second-order valence-electron chi connectivity index (χ2n) is 6.81. The molecule has 1 saturated heterocycles. The largest absolute Gasteiger partial charge is 0.506 e. The standard InChI is InChI=1S/C16H26N2O/c1-16(2,3)13-6-8-18(9-7-13)11-12-4-5-15(19)14(17)10-12/h4-5,10,13,19H,6-9,11,17H2,1-3H3. The first-order valence-corrected chi connectivity index (χ1v) is 7.16. The molecule has 3 heteroatoms. The first-order valence-electron chi connectivity index (χ1n) is 7.16. The fraction of sp³-hybridized carbons (Fsp3) is 0.625. The van der Waals surface area contributed by atoms with Crippen LogP contribution >= 0.6 is 0 Å². The molecule has 1 aliphatic heterocycles. The van der Waals surface area contributed by atoms with E-state index in [0.717, 1.165) is 25.6 Å². The number of phenols is 1. The summed E-state index contributed by atoms with van der Waals surface area (Å²) in [5.41, 5.74) is 7.82. The highest BCUT2D eigenvalue weighted by Gasteiger charge is 2.28. The second kappa shape index (κ2) is 5.41. The number of nitrogen functional groups attached to an aromatic ring is 1. The van der Waals surface area contributed by atoms with Crippen LogP contribution in [-0.2, 0) is 6.54 Å². The van der Waals surface area contributed by atoms with E-state index in [-0.39, 0.29) is 5.75 Å². The molecule has 19 heavy (non-hydrogen) atoms. The van der Waals surface area contributed by atoms with Gasteiger partial charge in [0.1, 0.15) is 5.75 Å². The predicted molar refractivity (Wildman–Crippen MR) is 80.0 cm³/mol. The van der Waals surface area contributed by atoms with Gasteiger partial charge in [0.25, 0.3) is 0 Å². The average molecular weight is 262 g/mol. The molecule has 1 aromatic rings. The Kier molecular flexibility index (Phi) is 4.04. The van der Waals surface area contributed by atoms with Gasteiger partial charge in [0.2, 0.25) is 0 Å². The zero-order valence-electron chi connectivity index (χ0n) is 12.3. The Morgan fingerprint density at radius 3 is 2.42 bits per heavy atom. The summed E-state index contributed by atoms with van der Waals surface area (Å²) < 4.78 is 0. The zero-order chi connectivity index (χ0) is 14.0. The average Bonchev–Trinajstić information content (AvgIpc) is 2.33. The van der Waals surface area contributed by atoms with Crippen LogP contribution in [0.4, 0.5) is 5.69 Å². The van der Waals surface area contributed by atoms with Gasteiger partial charge in [0.15, 0.2) is 0 Å². The number of nitrogens with zero attached hydrogens (tertiary/aromatic N) is 1. The lowest BCUT2D eigenvalue weighted by molar-refractivity contribution is 0.108. The molecule has 2 rings (SSSR count). The summed E-state index contributed by atoms with van der Waals surface area (Å²) in [5.74, 6) is 1.00. The summed E-state index contributed by atoms with van der Waals surface area (Å²) in [6.45, 7) is 10.3. The molecule has 3 N–H and O–H groups in total. The van der Waals surface area contributed by atoms with Crippen LogP contribution in [0.25, 0.3) is 0 Å². The summed E-state index contributed by atoms with van der Waals surface area (Å²) in [4.78, 5) is 2.48. The zero-order valence-corrected chi connectivity index (χ0v) is 12.3. The predicted octanol–water partition coefficient (Wildman–Crippen LogP) is 3.23. The Balaban J connectivity index is 1.90. The van der Waals surface area contributed by atoms with Crippen LogP contribution in [0.2, 0.25) is 0 Å². The van der Waals surface area contributed by atoms with E-state index in [0.29, 0.717) is 11.1 Å². The van der Waals surface area contributed by atoms with Crippen LogP contribution in [0.1, 0.15) is 39.2 Å². The van der Waals surface area contributed by atoms with E-state index < -0.39 is 0 Å². The molecule has 0 spiro atoms. The number of piperidine rings is 1. The van der Waals surface area contributed by atoms with Gasteiger partial charge in [0.05, 0.1) is 5.69 Å². The Morgan fingerprint density at radius 1 is 1.26 bits per heavy atom. The van der Waals surface area contributed by atoms with Crippen molar-refractivity contribution >= 4 is 5.69 Å². The minimum absolute atomic E-state index is 0.176. The van der Waals surface area contributed by atoms with Crippen molar-refractivity contribution in [2.75, 3.05) is 18.8 Å². The summed E-state index contributed by atoms with van der Waals surface area (Å²) in [7, 11) is 0. The van der Waals surface area contributed by atoms with Crippen molar-refractivity contribution in [3.8, 4) is 5.75 Å². The first-order chi connectivity index (χ1) is 8.86. The van der Waals surface area contributed by atoms with Gasteiger partial charge in [-0.1, -0.05) is 26.8 Å². The second-order valence-corrected chi connectivity index (χ2v) is 6.81. The van der Waals surface area contributed by atoms with Crippen LogP contribution in [0.15, 0.2) is 18.2 Å². The van der Waals surface area contributed by atoms with Crippen molar-refractivity contribution in [1.82, 2.24) is 4.90 Å². The molecular weight excluding hydrogens is 236 g/mol. The Labute approximate surface area is 116 Å². The van der Waals surface area contributed by atoms with E-state index in [1.165, 1.54) is 18.4 Å². The third-order valence-corrected chi connectivity index (χ3v) is 4.31. The van der Waals surface area contributed by atoms with Gasteiger partial charge in [-0.05, 0) is 55.0 Å². The van der Waals surface area contributed by atoms with Gasteiger partial charge >= 0.3 is 0 Å². The summed E-state index contributed by atoms with van der Waals surface area (Å²) >= 11 is 0. The van der Waals surface area contributed by atoms with E-state index in [2.05, 4.69) is 25.7 Å². The molecule has 0 aromatic heterocycles. The third kappa shape index (κ3) is 3.63. The van der Waals surface area contributed by atoms with Gasteiger partial charge in [-0.2, -0.15) is 0 Å². The molecule has 0 radical (unpaired) electrons. The smallest absolute Gasteiger partial charge is 0.138 e. The molecule has 106 valence electrons. The lowest BCUT2D eigenvalue weighted by Gasteiger charge is -2.38. The van der Waals surface area contributed by atoms with E-state index >= 15 is 0 Å². The van der Waals surface area contributed by atoms with Gasteiger partial charge < -0.3 is 10.8 Å². The van der Waals surface area contributed by atoms with Gasteiger partial charge in [-0.3, -0.25) is 4.90 Å². The first kappa shape index (κ1) is 14.2. The Hall–Kier alpha value is -1.22. The maximum atomic E-state index is 9.44. The molecule has 1 aliphatic rings. The third-order valence-electron chi connectivity index (χ3n) is 4.31. The molecule has 0 saturated carbocycles. The maximum absolute atomic E-state index is 9.44. The number of hydrogen-bond acceptors (Lipinski definition) is 3. The number of rotatable bonds is 2.